The first-order valence-corrected chi connectivity index (χ1v) is 20.0. The summed E-state index contributed by atoms with van der Waals surface area (Å²) in [7, 11) is -2.56. The Bertz CT molecular complexity index is 455. The summed E-state index contributed by atoms with van der Waals surface area (Å²) < 4.78 is 6.18. The van der Waals surface area contributed by atoms with Gasteiger partial charge in [0.05, 0.1) is 16.1 Å². The third-order valence-electron chi connectivity index (χ3n) is 6.78. The molecule has 4 heteroatoms. The van der Waals surface area contributed by atoms with Gasteiger partial charge < -0.3 is 4.43 Å². The smallest absolute Gasteiger partial charge is 0.189 e. The van der Waals surface area contributed by atoms with Crippen LogP contribution in [0.25, 0.3) is 0 Å². The summed E-state index contributed by atoms with van der Waals surface area (Å²) in [5, 5.41) is 0. The van der Waals surface area contributed by atoms with Gasteiger partial charge in [0.15, 0.2) is 8.32 Å². The van der Waals surface area contributed by atoms with Crippen molar-refractivity contribution in [3.05, 3.63) is 75.9 Å². The van der Waals surface area contributed by atoms with Gasteiger partial charge in [-0.25, -0.2) is 0 Å². The number of rotatable bonds is 21. The Morgan fingerprint density at radius 1 is 0.533 bits per heavy atom. The van der Waals surface area contributed by atoms with Crippen LogP contribution >= 0.6 is 0 Å². The largest absolute Gasteiger partial charge is 0.420 e. The van der Waals surface area contributed by atoms with Crippen LogP contribution in [0.3, 0.4) is 0 Å². The molecule has 0 aromatic carbocycles. The molecular formula is C26H48OSi3. The van der Waals surface area contributed by atoms with Crippen LogP contribution in [0, 0.1) is 0 Å². The van der Waals surface area contributed by atoms with Gasteiger partial charge in [0, 0.05) is 7.11 Å². The third kappa shape index (κ3) is 10.4. The molecule has 0 amide bonds. The molecule has 0 aliphatic rings. The SMILES string of the molecule is C=CC[Si](CC=C)(CC=C)CCC[Si](C)(CCC[Si](CC=C)(CC=C)CC=C)OC. The Hall–Kier alpha value is -0.949. The Morgan fingerprint density at radius 3 is 1.00 bits per heavy atom. The Kier molecular flexibility index (Phi) is 15.3. The molecular weight excluding hydrogens is 413 g/mol. The second-order valence-corrected chi connectivity index (χ2v) is 23.1. The van der Waals surface area contributed by atoms with Crippen LogP contribution in [0.15, 0.2) is 75.9 Å². The minimum atomic E-state index is -1.67. The maximum Gasteiger partial charge on any atom is 0.189 e. The number of hydrogen-bond acceptors (Lipinski definition) is 1. The summed E-state index contributed by atoms with van der Waals surface area (Å²) in [4.78, 5) is 0. The molecule has 0 rings (SSSR count). The second-order valence-electron chi connectivity index (χ2n) is 9.32. The van der Waals surface area contributed by atoms with Gasteiger partial charge in [0.2, 0.25) is 0 Å². The van der Waals surface area contributed by atoms with Crippen LogP contribution in [-0.2, 0) is 4.43 Å². The highest BCUT2D eigenvalue weighted by molar-refractivity contribution is 6.82. The van der Waals surface area contributed by atoms with Crippen LogP contribution in [-0.4, -0.2) is 31.6 Å². The van der Waals surface area contributed by atoms with Gasteiger partial charge in [-0.05, 0) is 54.9 Å². The number of allylic oxidation sites excluding steroid dienone is 6. The van der Waals surface area contributed by atoms with E-state index in [1.165, 1.54) is 37.0 Å². The lowest BCUT2D eigenvalue weighted by Gasteiger charge is -2.33. The zero-order valence-corrected chi connectivity index (χ0v) is 23.1. The topological polar surface area (TPSA) is 9.23 Å². The number of hydrogen-bond donors (Lipinski definition) is 0. The molecule has 0 aromatic rings. The first-order valence-electron chi connectivity index (χ1n) is 11.5. The predicted molar refractivity (Wildman–Crippen MR) is 149 cm³/mol. The molecule has 170 valence electrons. The summed E-state index contributed by atoms with van der Waals surface area (Å²) in [5.74, 6) is 0. The third-order valence-corrected chi connectivity index (χ3v) is 20.3. The first-order chi connectivity index (χ1) is 14.3. The van der Waals surface area contributed by atoms with E-state index >= 15 is 0 Å². The van der Waals surface area contributed by atoms with Crippen molar-refractivity contribution in [2.75, 3.05) is 7.11 Å². The molecule has 0 saturated carbocycles. The molecule has 0 saturated heterocycles. The zero-order valence-electron chi connectivity index (χ0n) is 20.1. The molecule has 30 heavy (non-hydrogen) atoms. The molecule has 0 aromatic heterocycles. The van der Waals surface area contributed by atoms with Crippen molar-refractivity contribution < 1.29 is 4.43 Å². The van der Waals surface area contributed by atoms with E-state index in [9.17, 15) is 0 Å². The highest BCUT2D eigenvalue weighted by Crippen LogP contribution is 2.34. The fourth-order valence-corrected chi connectivity index (χ4v) is 15.9. The van der Waals surface area contributed by atoms with E-state index in [0.29, 0.717) is 0 Å². The quantitative estimate of drug-likeness (QED) is 0.123. The fraction of sp³-hybridized carbons (Fsp3) is 0.538. The van der Waals surface area contributed by atoms with Gasteiger partial charge in [-0.2, -0.15) is 0 Å². The molecule has 0 bridgehead atoms. The van der Waals surface area contributed by atoms with E-state index in [1.807, 2.05) is 7.11 Å². The van der Waals surface area contributed by atoms with Crippen LogP contribution in [0.5, 0.6) is 0 Å². The van der Waals surface area contributed by atoms with E-state index in [2.05, 4.69) is 82.5 Å². The molecule has 0 radical (unpaired) electrons. The molecule has 0 spiro atoms. The summed E-state index contributed by atoms with van der Waals surface area (Å²) in [6.07, 6.45) is 15.3. The van der Waals surface area contributed by atoms with E-state index in [-0.39, 0.29) is 0 Å². The van der Waals surface area contributed by atoms with Crippen molar-refractivity contribution in [3.8, 4) is 0 Å². The Morgan fingerprint density at radius 2 is 0.800 bits per heavy atom. The van der Waals surface area contributed by atoms with Gasteiger partial charge in [-0.15, -0.1) is 39.5 Å². The Balaban J connectivity index is 4.98. The van der Waals surface area contributed by atoms with E-state index < -0.39 is 24.5 Å². The second kappa shape index (κ2) is 15.8. The van der Waals surface area contributed by atoms with Gasteiger partial charge in [0.1, 0.15) is 0 Å². The fourth-order valence-electron chi connectivity index (χ4n) is 4.95. The highest BCUT2D eigenvalue weighted by atomic mass is 28.4. The van der Waals surface area contributed by atoms with Crippen LogP contribution < -0.4 is 0 Å². The standard InChI is InChI=1S/C26H48OSi3/c1-9-17-29(18-10-2,19-11-3)25-15-23-28(8,27-7)24-16-26-30(20-12-4,21-13-5)22-14-6/h9-14H,1-6,15-26H2,7-8H3. The van der Waals surface area contributed by atoms with Gasteiger partial charge in [-0.1, -0.05) is 61.4 Å². The Labute approximate surface area is 191 Å². The lowest BCUT2D eigenvalue weighted by molar-refractivity contribution is 0.394. The van der Waals surface area contributed by atoms with Crippen molar-refractivity contribution in [1.82, 2.24) is 0 Å². The van der Waals surface area contributed by atoms with Gasteiger partial charge in [-0.3, -0.25) is 0 Å². The van der Waals surface area contributed by atoms with Crippen molar-refractivity contribution in [1.29, 1.82) is 0 Å². The van der Waals surface area contributed by atoms with E-state index in [1.54, 1.807) is 0 Å². The van der Waals surface area contributed by atoms with Crippen LogP contribution in [0.4, 0.5) is 0 Å². The van der Waals surface area contributed by atoms with Crippen LogP contribution in [0.2, 0.25) is 67.0 Å². The average molecular weight is 461 g/mol. The summed E-state index contributed by atoms with van der Waals surface area (Å²) in [6, 6.07) is 12.1. The molecule has 0 unspecified atom stereocenters. The van der Waals surface area contributed by atoms with Crippen molar-refractivity contribution in [3.63, 3.8) is 0 Å². The maximum absolute atomic E-state index is 6.18. The van der Waals surface area contributed by atoms with E-state index in [0.717, 1.165) is 36.3 Å². The van der Waals surface area contributed by atoms with Crippen LogP contribution in [0.1, 0.15) is 12.8 Å². The molecule has 0 heterocycles. The lowest BCUT2D eigenvalue weighted by Crippen LogP contribution is -2.37. The minimum Gasteiger partial charge on any atom is -0.420 e. The molecule has 0 fully saturated rings. The summed E-state index contributed by atoms with van der Waals surface area (Å²) >= 11 is 0. The van der Waals surface area contributed by atoms with E-state index in [4.69, 9.17) is 4.43 Å². The molecule has 0 aliphatic carbocycles. The van der Waals surface area contributed by atoms with Gasteiger partial charge >= 0.3 is 0 Å². The first kappa shape index (κ1) is 29.1. The maximum atomic E-state index is 6.18. The molecule has 0 N–H and O–H groups in total. The molecule has 0 aliphatic heterocycles. The molecule has 0 atom stereocenters. The monoisotopic (exact) mass is 460 g/mol. The van der Waals surface area contributed by atoms with Gasteiger partial charge in [0.25, 0.3) is 0 Å². The van der Waals surface area contributed by atoms with Crippen molar-refractivity contribution in [2.45, 2.75) is 79.8 Å². The minimum absolute atomic E-state index is 1.16. The zero-order chi connectivity index (χ0) is 22.9. The molecule has 1 nitrogen and oxygen atoms in total. The lowest BCUT2D eigenvalue weighted by atomic mass is 10.5. The van der Waals surface area contributed by atoms with Crippen molar-refractivity contribution >= 4 is 24.5 Å². The predicted octanol–water partition coefficient (Wildman–Crippen LogP) is 9.00. The normalized spacial score (nSPS) is 12.2. The van der Waals surface area contributed by atoms with Crippen molar-refractivity contribution in [2.24, 2.45) is 0 Å². The summed E-state index contributed by atoms with van der Waals surface area (Å²) in [6.45, 7) is 26.6. The highest BCUT2D eigenvalue weighted by Gasteiger charge is 2.34. The summed E-state index contributed by atoms with van der Waals surface area (Å²) in [5.41, 5.74) is 0. The average Bonchev–Trinajstić information content (AvgIpc) is 2.69.